The summed E-state index contributed by atoms with van der Waals surface area (Å²) in [6, 6.07) is 10.6. The molecule has 1 unspecified atom stereocenters. The predicted octanol–water partition coefficient (Wildman–Crippen LogP) is 3.70. The van der Waals surface area contributed by atoms with Gasteiger partial charge in [0.05, 0.1) is 17.5 Å². The van der Waals surface area contributed by atoms with Gasteiger partial charge in [-0.15, -0.1) is 0 Å². The van der Waals surface area contributed by atoms with Crippen LogP contribution in [0, 0.1) is 6.92 Å². The summed E-state index contributed by atoms with van der Waals surface area (Å²) in [6.07, 6.45) is 4.31. The van der Waals surface area contributed by atoms with E-state index in [2.05, 4.69) is 4.98 Å². The van der Waals surface area contributed by atoms with E-state index in [0.29, 0.717) is 23.9 Å². The molecule has 1 atom stereocenters. The number of hydrogen-bond acceptors (Lipinski definition) is 4. The van der Waals surface area contributed by atoms with Crippen molar-refractivity contribution in [1.82, 2.24) is 9.29 Å². The number of sulfonamides is 1. The lowest BCUT2D eigenvalue weighted by Gasteiger charge is -2.35. The highest BCUT2D eigenvalue weighted by Gasteiger charge is 2.36. The molecular formula is C19H24N2O3S. The van der Waals surface area contributed by atoms with Gasteiger partial charge in [0.25, 0.3) is 0 Å². The lowest BCUT2D eigenvalue weighted by atomic mass is 9.98. The SMILES string of the molecule is CCOc1ncccc1C1CCCCN1S(=O)(=O)c1ccc(C)cc1. The van der Waals surface area contributed by atoms with E-state index in [-0.39, 0.29) is 6.04 Å². The zero-order chi connectivity index (χ0) is 17.9. The van der Waals surface area contributed by atoms with Gasteiger partial charge in [-0.1, -0.05) is 30.2 Å². The minimum absolute atomic E-state index is 0.240. The fourth-order valence-corrected chi connectivity index (χ4v) is 4.94. The summed E-state index contributed by atoms with van der Waals surface area (Å²) < 4.78 is 33.7. The van der Waals surface area contributed by atoms with E-state index >= 15 is 0 Å². The van der Waals surface area contributed by atoms with Gasteiger partial charge in [0.2, 0.25) is 15.9 Å². The maximum Gasteiger partial charge on any atom is 0.243 e. The summed E-state index contributed by atoms with van der Waals surface area (Å²) in [5, 5.41) is 0. The summed E-state index contributed by atoms with van der Waals surface area (Å²) in [6.45, 7) is 4.87. The minimum Gasteiger partial charge on any atom is -0.478 e. The molecule has 1 aromatic carbocycles. The lowest BCUT2D eigenvalue weighted by Crippen LogP contribution is -2.38. The molecule has 0 spiro atoms. The Kier molecular flexibility index (Phi) is 5.39. The Bertz CT molecular complexity index is 819. The fraction of sp³-hybridized carbons (Fsp3) is 0.421. The summed E-state index contributed by atoms with van der Waals surface area (Å²) in [5.74, 6) is 0.529. The molecule has 6 heteroatoms. The maximum atomic E-state index is 13.2. The van der Waals surface area contributed by atoms with Gasteiger partial charge in [0.15, 0.2) is 0 Å². The van der Waals surface area contributed by atoms with Crippen molar-refractivity contribution in [2.24, 2.45) is 0 Å². The van der Waals surface area contributed by atoms with E-state index in [1.807, 2.05) is 38.1 Å². The molecule has 1 saturated heterocycles. The number of rotatable bonds is 5. The highest BCUT2D eigenvalue weighted by molar-refractivity contribution is 7.89. The molecule has 0 bridgehead atoms. The summed E-state index contributed by atoms with van der Waals surface area (Å²) in [5.41, 5.74) is 1.89. The summed E-state index contributed by atoms with van der Waals surface area (Å²) in [4.78, 5) is 4.64. The number of piperidine rings is 1. The monoisotopic (exact) mass is 360 g/mol. The van der Waals surface area contributed by atoms with Gasteiger partial charge >= 0.3 is 0 Å². The van der Waals surface area contributed by atoms with Gasteiger partial charge < -0.3 is 4.74 Å². The molecule has 0 amide bonds. The minimum atomic E-state index is -3.56. The Balaban J connectivity index is 2.00. The van der Waals surface area contributed by atoms with E-state index in [1.54, 1.807) is 22.6 Å². The third-order valence-electron chi connectivity index (χ3n) is 4.52. The molecule has 25 heavy (non-hydrogen) atoms. The molecule has 134 valence electrons. The maximum absolute atomic E-state index is 13.2. The third-order valence-corrected chi connectivity index (χ3v) is 6.44. The predicted molar refractivity (Wildman–Crippen MR) is 97.1 cm³/mol. The van der Waals surface area contributed by atoms with E-state index in [1.165, 1.54) is 0 Å². The number of aromatic nitrogens is 1. The van der Waals surface area contributed by atoms with Crippen LogP contribution in [0.5, 0.6) is 5.88 Å². The van der Waals surface area contributed by atoms with Crippen LogP contribution in [0.15, 0.2) is 47.5 Å². The van der Waals surface area contributed by atoms with Crippen molar-refractivity contribution in [2.45, 2.75) is 44.0 Å². The van der Waals surface area contributed by atoms with E-state index in [9.17, 15) is 8.42 Å². The standard InChI is InChI=1S/C19H24N2O3S/c1-3-24-19-17(7-6-13-20-19)18-8-4-5-14-21(18)25(22,23)16-11-9-15(2)10-12-16/h6-7,9-13,18H,3-5,8,14H2,1-2H3. The van der Waals surface area contributed by atoms with E-state index in [0.717, 1.165) is 30.4 Å². The number of hydrogen-bond donors (Lipinski definition) is 0. The Hall–Kier alpha value is -1.92. The molecule has 0 saturated carbocycles. The average Bonchev–Trinajstić information content (AvgIpc) is 2.63. The number of aryl methyl sites for hydroxylation is 1. The van der Waals surface area contributed by atoms with E-state index in [4.69, 9.17) is 4.74 Å². The second-order valence-corrected chi connectivity index (χ2v) is 8.16. The van der Waals surface area contributed by atoms with Gasteiger partial charge in [-0.25, -0.2) is 13.4 Å². The normalized spacial score (nSPS) is 18.9. The van der Waals surface area contributed by atoms with Crippen molar-refractivity contribution in [3.8, 4) is 5.88 Å². The number of ether oxygens (including phenoxy) is 1. The van der Waals surface area contributed by atoms with Crippen molar-refractivity contribution in [1.29, 1.82) is 0 Å². The van der Waals surface area contributed by atoms with Crippen LogP contribution in [0.1, 0.15) is 43.4 Å². The van der Waals surface area contributed by atoms with Crippen molar-refractivity contribution in [3.05, 3.63) is 53.7 Å². The van der Waals surface area contributed by atoms with Crippen LogP contribution >= 0.6 is 0 Å². The molecule has 0 aliphatic carbocycles. The van der Waals surface area contributed by atoms with Crippen LogP contribution in [-0.2, 0) is 10.0 Å². The second kappa shape index (κ2) is 7.54. The van der Waals surface area contributed by atoms with Crippen LogP contribution in [-0.4, -0.2) is 30.9 Å². The topological polar surface area (TPSA) is 59.5 Å². The molecule has 1 aliphatic heterocycles. The van der Waals surface area contributed by atoms with Gasteiger partial charge in [-0.05, 0) is 44.9 Å². The van der Waals surface area contributed by atoms with Crippen LogP contribution in [0.4, 0.5) is 0 Å². The fourth-order valence-electron chi connectivity index (χ4n) is 3.26. The van der Waals surface area contributed by atoms with Gasteiger partial charge in [-0.3, -0.25) is 0 Å². The molecule has 1 aliphatic rings. The molecule has 0 N–H and O–H groups in total. The highest BCUT2D eigenvalue weighted by Crippen LogP contribution is 2.38. The van der Waals surface area contributed by atoms with E-state index < -0.39 is 10.0 Å². The molecule has 1 fully saturated rings. The second-order valence-electron chi connectivity index (χ2n) is 6.27. The van der Waals surface area contributed by atoms with Gasteiger partial charge in [0.1, 0.15) is 0 Å². The molecule has 2 heterocycles. The smallest absolute Gasteiger partial charge is 0.243 e. The Labute approximate surface area is 149 Å². The third kappa shape index (κ3) is 3.70. The Morgan fingerprint density at radius 2 is 1.96 bits per heavy atom. The molecule has 2 aromatic rings. The molecule has 5 nitrogen and oxygen atoms in total. The molecule has 1 aromatic heterocycles. The summed E-state index contributed by atoms with van der Waals surface area (Å²) >= 11 is 0. The zero-order valence-electron chi connectivity index (χ0n) is 14.7. The lowest BCUT2D eigenvalue weighted by molar-refractivity contribution is 0.243. The summed E-state index contributed by atoms with van der Waals surface area (Å²) in [7, 11) is -3.56. The van der Waals surface area contributed by atoms with Crippen LogP contribution < -0.4 is 4.74 Å². The molecule has 0 radical (unpaired) electrons. The van der Waals surface area contributed by atoms with Crippen LogP contribution in [0.3, 0.4) is 0 Å². The van der Waals surface area contributed by atoms with Crippen molar-refractivity contribution in [3.63, 3.8) is 0 Å². The largest absolute Gasteiger partial charge is 0.478 e. The number of nitrogens with zero attached hydrogens (tertiary/aromatic N) is 2. The Morgan fingerprint density at radius 1 is 1.20 bits per heavy atom. The quantitative estimate of drug-likeness (QED) is 0.816. The molecular weight excluding hydrogens is 336 g/mol. The highest BCUT2D eigenvalue weighted by atomic mass is 32.2. The average molecular weight is 360 g/mol. The van der Waals surface area contributed by atoms with Gasteiger partial charge in [0, 0.05) is 18.3 Å². The first-order valence-electron chi connectivity index (χ1n) is 8.70. The molecule has 3 rings (SSSR count). The first-order chi connectivity index (χ1) is 12.0. The van der Waals surface area contributed by atoms with Crippen molar-refractivity contribution < 1.29 is 13.2 Å². The first-order valence-corrected chi connectivity index (χ1v) is 10.1. The first kappa shape index (κ1) is 17.9. The zero-order valence-corrected chi connectivity index (χ0v) is 15.5. The van der Waals surface area contributed by atoms with Crippen LogP contribution in [0.2, 0.25) is 0 Å². The van der Waals surface area contributed by atoms with Crippen molar-refractivity contribution in [2.75, 3.05) is 13.2 Å². The van der Waals surface area contributed by atoms with Crippen molar-refractivity contribution >= 4 is 10.0 Å². The number of benzene rings is 1. The van der Waals surface area contributed by atoms with Crippen LogP contribution in [0.25, 0.3) is 0 Å². The Morgan fingerprint density at radius 3 is 2.68 bits per heavy atom. The van der Waals surface area contributed by atoms with Gasteiger partial charge in [-0.2, -0.15) is 4.31 Å². The number of pyridine rings is 1.